The van der Waals surface area contributed by atoms with Crippen LogP contribution in [0.25, 0.3) is 0 Å². The molecule has 0 radical (unpaired) electrons. The summed E-state index contributed by atoms with van der Waals surface area (Å²) < 4.78 is 25.4. The summed E-state index contributed by atoms with van der Waals surface area (Å²) in [5.74, 6) is 0. The molecule has 0 amide bonds. The third-order valence-corrected chi connectivity index (χ3v) is 3.55. The smallest absolute Gasteiger partial charge is 0.263 e. The van der Waals surface area contributed by atoms with Gasteiger partial charge in [-0.25, -0.2) is 8.78 Å². The van der Waals surface area contributed by atoms with Gasteiger partial charge in [0.1, 0.15) is 0 Å². The summed E-state index contributed by atoms with van der Waals surface area (Å²) in [5.41, 5.74) is 6.71. The van der Waals surface area contributed by atoms with Crippen LogP contribution in [0.2, 0.25) is 0 Å². The Balaban J connectivity index is 2.98. The van der Waals surface area contributed by atoms with Crippen molar-refractivity contribution < 1.29 is 8.78 Å². The molecule has 0 aliphatic carbocycles. The van der Waals surface area contributed by atoms with Crippen molar-refractivity contribution in [2.75, 3.05) is 13.6 Å². The number of nitrogens with two attached hydrogens (primary N) is 1. The van der Waals surface area contributed by atoms with E-state index in [0.717, 1.165) is 12.0 Å². The summed E-state index contributed by atoms with van der Waals surface area (Å²) in [6, 6.07) is 6.89. The molecule has 0 aliphatic heterocycles. The first-order chi connectivity index (χ1) is 8.51. The summed E-state index contributed by atoms with van der Waals surface area (Å²) in [4.78, 5) is 2.14. The summed E-state index contributed by atoms with van der Waals surface area (Å²) >= 11 is 0. The molecule has 2 N–H and O–H groups in total. The first kappa shape index (κ1) is 15.1. The van der Waals surface area contributed by atoms with Crippen LogP contribution in [0.4, 0.5) is 8.78 Å². The number of nitrogens with zero attached hydrogens (tertiary/aromatic N) is 1. The van der Waals surface area contributed by atoms with E-state index >= 15 is 0 Å². The highest BCUT2D eigenvalue weighted by molar-refractivity contribution is 5.27. The molecule has 2 nitrogen and oxygen atoms in total. The Kier molecular flexibility index (Phi) is 5.69. The second-order valence-electron chi connectivity index (χ2n) is 4.65. The monoisotopic (exact) mass is 256 g/mol. The lowest BCUT2D eigenvalue weighted by Crippen LogP contribution is -2.36. The quantitative estimate of drug-likeness (QED) is 0.845. The minimum atomic E-state index is -2.43. The molecule has 1 aromatic rings. The first-order valence-corrected chi connectivity index (χ1v) is 6.31. The standard InChI is InChI=1S/C14H22F2N2/c1-4-10(2)18(3)13(9-17)11-6-5-7-12(8-11)14(15)16/h5-8,10,13-14H,4,9,17H2,1-3H3. The Bertz CT molecular complexity index is 369. The van der Waals surface area contributed by atoms with Crippen molar-refractivity contribution in [1.29, 1.82) is 0 Å². The van der Waals surface area contributed by atoms with E-state index in [0.29, 0.717) is 12.6 Å². The molecular weight excluding hydrogens is 234 g/mol. The molecule has 0 spiro atoms. The van der Waals surface area contributed by atoms with Gasteiger partial charge in [-0.2, -0.15) is 0 Å². The normalized spacial score (nSPS) is 15.1. The average Bonchev–Trinajstić information content (AvgIpc) is 2.38. The van der Waals surface area contributed by atoms with Crippen molar-refractivity contribution in [2.24, 2.45) is 5.73 Å². The van der Waals surface area contributed by atoms with Crippen LogP contribution in [0.3, 0.4) is 0 Å². The zero-order valence-corrected chi connectivity index (χ0v) is 11.2. The molecule has 1 aromatic carbocycles. The fourth-order valence-electron chi connectivity index (χ4n) is 2.03. The van der Waals surface area contributed by atoms with Crippen LogP contribution in [-0.2, 0) is 0 Å². The fraction of sp³-hybridized carbons (Fsp3) is 0.571. The average molecular weight is 256 g/mol. The highest BCUT2D eigenvalue weighted by atomic mass is 19.3. The van der Waals surface area contributed by atoms with E-state index in [1.165, 1.54) is 6.07 Å². The summed E-state index contributed by atoms with van der Waals surface area (Å²) in [5, 5.41) is 0. The largest absolute Gasteiger partial charge is 0.329 e. The van der Waals surface area contributed by atoms with Crippen LogP contribution >= 0.6 is 0 Å². The fourth-order valence-corrected chi connectivity index (χ4v) is 2.03. The van der Waals surface area contributed by atoms with Gasteiger partial charge in [-0.05, 0) is 32.0 Å². The van der Waals surface area contributed by atoms with Crippen LogP contribution < -0.4 is 5.73 Å². The Morgan fingerprint density at radius 2 is 1.89 bits per heavy atom. The molecule has 0 fully saturated rings. The molecule has 0 aliphatic rings. The van der Waals surface area contributed by atoms with Gasteiger partial charge in [0.05, 0.1) is 0 Å². The van der Waals surface area contributed by atoms with Crippen molar-refractivity contribution in [3.05, 3.63) is 35.4 Å². The van der Waals surface area contributed by atoms with E-state index in [4.69, 9.17) is 5.73 Å². The van der Waals surface area contributed by atoms with E-state index in [2.05, 4.69) is 18.7 Å². The minimum Gasteiger partial charge on any atom is -0.329 e. The van der Waals surface area contributed by atoms with Crippen LogP contribution in [-0.4, -0.2) is 24.5 Å². The lowest BCUT2D eigenvalue weighted by Gasteiger charge is -2.32. The van der Waals surface area contributed by atoms with Gasteiger partial charge in [0.2, 0.25) is 0 Å². The van der Waals surface area contributed by atoms with Crippen molar-refractivity contribution in [1.82, 2.24) is 4.90 Å². The van der Waals surface area contributed by atoms with Crippen LogP contribution in [0.5, 0.6) is 0 Å². The topological polar surface area (TPSA) is 29.3 Å². The Morgan fingerprint density at radius 3 is 2.39 bits per heavy atom. The minimum absolute atomic E-state index is 0.0151. The van der Waals surface area contributed by atoms with Crippen molar-refractivity contribution in [3.63, 3.8) is 0 Å². The molecular formula is C14H22F2N2. The number of alkyl halides is 2. The van der Waals surface area contributed by atoms with Gasteiger partial charge in [0.15, 0.2) is 0 Å². The molecule has 0 saturated carbocycles. The van der Waals surface area contributed by atoms with E-state index < -0.39 is 6.43 Å². The van der Waals surface area contributed by atoms with Gasteiger partial charge in [0, 0.05) is 24.2 Å². The summed E-state index contributed by atoms with van der Waals surface area (Å²) in [6.45, 7) is 4.64. The van der Waals surface area contributed by atoms with Crippen molar-refractivity contribution in [3.8, 4) is 0 Å². The maximum atomic E-state index is 12.7. The second-order valence-corrected chi connectivity index (χ2v) is 4.65. The molecule has 4 heteroatoms. The van der Waals surface area contributed by atoms with Gasteiger partial charge < -0.3 is 5.73 Å². The maximum Gasteiger partial charge on any atom is 0.263 e. The van der Waals surface area contributed by atoms with Crippen LogP contribution in [0, 0.1) is 0 Å². The molecule has 2 atom stereocenters. The Labute approximate surface area is 108 Å². The predicted octanol–water partition coefficient (Wildman–Crippen LogP) is 3.35. The highest BCUT2D eigenvalue weighted by Gasteiger charge is 2.20. The van der Waals surface area contributed by atoms with Gasteiger partial charge in [0.25, 0.3) is 6.43 Å². The van der Waals surface area contributed by atoms with Crippen molar-refractivity contribution >= 4 is 0 Å². The van der Waals surface area contributed by atoms with E-state index in [1.54, 1.807) is 12.1 Å². The number of hydrogen-bond acceptors (Lipinski definition) is 2. The highest BCUT2D eigenvalue weighted by Crippen LogP contribution is 2.26. The summed E-state index contributed by atoms with van der Waals surface area (Å²) in [7, 11) is 1.99. The van der Waals surface area contributed by atoms with Gasteiger partial charge in [-0.3, -0.25) is 4.90 Å². The van der Waals surface area contributed by atoms with Crippen LogP contribution in [0.1, 0.15) is 43.9 Å². The number of likely N-dealkylation sites (N-methyl/N-ethyl adjacent to an activating group) is 1. The Hall–Kier alpha value is -1.00. The van der Waals surface area contributed by atoms with E-state index in [9.17, 15) is 8.78 Å². The second kappa shape index (κ2) is 6.81. The molecule has 0 bridgehead atoms. The Morgan fingerprint density at radius 1 is 1.28 bits per heavy atom. The number of benzene rings is 1. The maximum absolute atomic E-state index is 12.7. The molecule has 0 aromatic heterocycles. The third-order valence-electron chi connectivity index (χ3n) is 3.55. The predicted molar refractivity (Wildman–Crippen MR) is 70.7 cm³/mol. The number of rotatable bonds is 6. The van der Waals surface area contributed by atoms with Gasteiger partial charge in [-0.1, -0.05) is 25.1 Å². The molecule has 18 heavy (non-hydrogen) atoms. The van der Waals surface area contributed by atoms with Crippen LogP contribution in [0.15, 0.2) is 24.3 Å². The van der Waals surface area contributed by atoms with Gasteiger partial charge in [-0.15, -0.1) is 0 Å². The number of hydrogen-bond donors (Lipinski definition) is 1. The SMILES string of the molecule is CCC(C)N(C)C(CN)c1cccc(C(F)F)c1. The van der Waals surface area contributed by atoms with E-state index in [-0.39, 0.29) is 11.6 Å². The molecule has 0 saturated heterocycles. The first-order valence-electron chi connectivity index (χ1n) is 6.31. The lowest BCUT2D eigenvalue weighted by molar-refractivity contribution is 0.150. The molecule has 2 unspecified atom stereocenters. The lowest BCUT2D eigenvalue weighted by atomic mass is 10.0. The molecule has 1 rings (SSSR count). The van der Waals surface area contributed by atoms with Crippen molar-refractivity contribution in [2.45, 2.75) is 38.8 Å². The zero-order valence-electron chi connectivity index (χ0n) is 11.2. The molecule has 0 heterocycles. The van der Waals surface area contributed by atoms with E-state index in [1.807, 2.05) is 13.1 Å². The molecule has 102 valence electrons. The number of halogens is 2. The van der Waals surface area contributed by atoms with Gasteiger partial charge >= 0.3 is 0 Å². The summed E-state index contributed by atoms with van der Waals surface area (Å²) in [6.07, 6.45) is -1.43. The third kappa shape index (κ3) is 3.50. The zero-order chi connectivity index (χ0) is 13.7.